The Kier molecular flexibility index (Phi) is 2.66. The lowest BCUT2D eigenvalue weighted by Gasteiger charge is -2.40. The molecule has 1 saturated carbocycles. The Bertz CT molecular complexity index is 747. The smallest absolute Gasteiger partial charge is 0.310 e. The van der Waals surface area contributed by atoms with Gasteiger partial charge in [-0.1, -0.05) is 36.7 Å². The number of hydrogen-bond acceptors (Lipinski definition) is 3. The lowest BCUT2D eigenvalue weighted by molar-refractivity contribution is 0.0967. The SMILES string of the molecule is O=C(c1conc1-c1ccc(S(F)(F)(F)(F)F)cc1)C1CC1. The zero-order valence-electron chi connectivity index (χ0n) is 10.9. The fourth-order valence-electron chi connectivity index (χ4n) is 2.06. The third-order valence-electron chi connectivity index (χ3n) is 3.36. The molecule has 120 valence electrons. The summed E-state index contributed by atoms with van der Waals surface area (Å²) < 4.78 is 68.0. The lowest BCUT2D eigenvalue weighted by Crippen LogP contribution is -2.06. The van der Waals surface area contributed by atoms with Crippen LogP contribution in [-0.4, -0.2) is 10.9 Å². The van der Waals surface area contributed by atoms with Crippen LogP contribution in [0.2, 0.25) is 0 Å². The molecule has 0 bridgehead atoms. The Balaban J connectivity index is 1.98. The molecule has 0 spiro atoms. The van der Waals surface area contributed by atoms with Gasteiger partial charge in [0, 0.05) is 11.5 Å². The molecule has 1 aliphatic carbocycles. The minimum atomic E-state index is -9.70. The molecule has 1 aliphatic rings. The number of Topliss-reactive ketones (excluding diaryl/α,β-unsaturated/α-hetero) is 1. The van der Waals surface area contributed by atoms with Crippen molar-refractivity contribution in [3.05, 3.63) is 36.1 Å². The monoisotopic (exact) mass is 339 g/mol. The van der Waals surface area contributed by atoms with E-state index in [1.54, 1.807) is 0 Å². The molecule has 1 aromatic heterocycles. The molecule has 1 heterocycles. The molecule has 3 rings (SSSR count). The summed E-state index contributed by atoms with van der Waals surface area (Å²) in [6.07, 6.45) is 2.60. The van der Waals surface area contributed by atoms with Gasteiger partial charge in [0.05, 0.1) is 5.56 Å². The van der Waals surface area contributed by atoms with E-state index in [0.717, 1.165) is 31.2 Å². The topological polar surface area (TPSA) is 43.1 Å². The van der Waals surface area contributed by atoms with Gasteiger partial charge in [-0.05, 0) is 25.0 Å². The first kappa shape index (κ1) is 15.0. The van der Waals surface area contributed by atoms with Crippen LogP contribution in [0.4, 0.5) is 19.4 Å². The summed E-state index contributed by atoms with van der Waals surface area (Å²) in [6.45, 7) is 0. The predicted molar refractivity (Wildman–Crippen MR) is 70.4 cm³/mol. The summed E-state index contributed by atoms with van der Waals surface area (Å²) in [5.41, 5.74) is 0.330. The van der Waals surface area contributed by atoms with Crippen molar-refractivity contribution in [2.75, 3.05) is 0 Å². The molecule has 3 nitrogen and oxygen atoms in total. The maximum absolute atomic E-state index is 12.7. The number of halogens is 5. The Morgan fingerprint density at radius 2 is 1.68 bits per heavy atom. The minimum absolute atomic E-state index is 0.0607. The first-order valence-corrected chi connectivity index (χ1v) is 8.24. The fourth-order valence-corrected chi connectivity index (χ4v) is 2.71. The van der Waals surface area contributed by atoms with Gasteiger partial charge in [-0.25, -0.2) is 0 Å². The van der Waals surface area contributed by atoms with Crippen LogP contribution in [0.1, 0.15) is 23.2 Å². The van der Waals surface area contributed by atoms with Gasteiger partial charge in [0.1, 0.15) is 16.9 Å². The van der Waals surface area contributed by atoms with Gasteiger partial charge in [-0.2, -0.15) is 0 Å². The summed E-state index contributed by atoms with van der Waals surface area (Å²) in [5.74, 6) is -0.324. The van der Waals surface area contributed by atoms with Gasteiger partial charge < -0.3 is 4.52 Å². The average Bonchev–Trinajstić information content (AvgIpc) is 3.13. The molecule has 1 aromatic carbocycles. The normalized spacial score (nSPS) is 18.6. The molecule has 9 heteroatoms. The van der Waals surface area contributed by atoms with Crippen LogP contribution in [-0.2, 0) is 0 Å². The van der Waals surface area contributed by atoms with Crippen molar-refractivity contribution in [3.63, 3.8) is 0 Å². The zero-order valence-corrected chi connectivity index (χ0v) is 11.8. The highest BCUT2D eigenvalue weighted by Crippen LogP contribution is 3.02. The van der Waals surface area contributed by atoms with E-state index < -0.39 is 15.1 Å². The number of carbonyl (C=O) groups is 1. The van der Waals surface area contributed by atoms with E-state index in [1.165, 1.54) is 0 Å². The van der Waals surface area contributed by atoms with Crippen LogP contribution in [0.3, 0.4) is 0 Å². The molecule has 0 radical (unpaired) electrons. The molecule has 0 N–H and O–H groups in total. The minimum Gasteiger partial charge on any atom is -0.363 e. The second-order valence-electron chi connectivity index (χ2n) is 5.21. The fraction of sp³-hybridized carbons (Fsp3) is 0.231. The number of benzene rings is 1. The van der Waals surface area contributed by atoms with Crippen LogP contribution in [0.25, 0.3) is 11.3 Å². The van der Waals surface area contributed by atoms with Gasteiger partial charge in [0.25, 0.3) is 0 Å². The summed E-state index contributed by atoms with van der Waals surface area (Å²) in [7, 11) is -9.70. The molecular formula is C13H10F5NO2S. The molecular weight excluding hydrogens is 329 g/mol. The summed E-state index contributed by atoms with van der Waals surface area (Å²) >= 11 is 0. The van der Waals surface area contributed by atoms with Gasteiger partial charge in [0.2, 0.25) is 0 Å². The lowest BCUT2D eigenvalue weighted by atomic mass is 10.0. The first-order chi connectivity index (χ1) is 9.95. The molecule has 0 unspecified atom stereocenters. The van der Waals surface area contributed by atoms with E-state index in [1.807, 2.05) is 0 Å². The Morgan fingerprint density at radius 1 is 1.09 bits per heavy atom. The molecule has 22 heavy (non-hydrogen) atoms. The molecule has 0 atom stereocenters. The number of rotatable bonds is 4. The van der Waals surface area contributed by atoms with Crippen molar-refractivity contribution in [2.24, 2.45) is 5.92 Å². The summed E-state index contributed by atoms with van der Waals surface area (Å²) in [4.78, 5) is 10.0. The van der Waals surface area contributed by atoms with Crippen LogP contribution in [0.15, 0.2) is 39.9 Å². The van der Waals surface area contributed by atoms with Crippen molar-refractivity contribution >= 4 is 16.0 Å². The number of nitrogens with zero attached hydrogens (tertiary/aromatic N) is 1. The van der Waals surface area contributed by atoms with Crippen molar-refractivity contribution in [2.45, 2.75) is 17.7 Å². The first-order valence-electron chi connectivity index (χ1n) is 6.29. The maximum Gasteiger partial charge on any atom is 0.310 e. The third-order valence-corrected chi connectivity index (χ3v) is 4.52. The molecule has 0 aliphatic heterocycles. The highest BCUT2D eigenvalue weighted by Gasteiger charge is 2.65. The van der Waals surface area contributed by atoms with Crippen molar-refractivity contribution in [1.82, 2.24) is 5.16 Å². The van der Waals surface area contributed by atoms with Crippen molar-refractivity contribution in [1.29, 1.82) is 0 Å². The van der Waals surface area contributed by atoms with Crippen LogP contribution < -0.4 is 0 Å². The molecule has 0 amide bonds. The largest absolute Gasteiger partial charge is 0.363 e. The Hall–Kier alpha value is -1.90. The number of ketones is 1. The summed E-state index contributed by atoms with van der Waals surface area (Å²) in [6, 6.07) is 2.29. The van der Waals surface area contributed by atoms with Gasteiger partial charge in [-0.3, -0.25) is 4.79 Å². The van der Waals surface area contributed by atoms with Gasteiger partial charge in [-0.15, -0.1) is 0 Å². The van der Waals surface area contributed by atoms with Crippen molar-refractivity contribution in [3.8, 4) is 11.3 Å². The number of hydrogen-bond donors (Lipinski definition) is 0. The van der Waals surface area contributed by atoms with Crippen molar-refractivity contribution < 1.29 is 28.7 Å². The predicted octanol–water partition coefficient (Wildman–Crippen LogP) is 5.59. The van der Waals surface area contributed by atoms with E-state index in [4.69, 9.17) is 4.52 Å². The van der Waals surface area contributed by atoms with E-state index in [-0.39, 0.29) is 40.7 Å². The second kappa shape index (κ2) is 3.89. The zero-order chi connectivity index (χ0) is 16.2. The highest BCUT2D eigenvalue weighted by molar-refractivity contribution is 8.45. The molecule has 1 fully saturated rings. The van der Waals surface area contributed by atoms with Crippen LogP contribution >= 0.6 is 10.2 Å². The maximum atomic E-state index is 12.7. The third kappa shape index (κ3) is 2.85. The number of carbonyl (C=O) groups excluding carboxylic acids is 1. The Labute approximate surface area is 121 Å². The van der Waals surface area contributed by atoms with E-state index in [2.05, 4.69) is 5.16 Å². The van der Waals surface area contributed by atoms with E-state index >= 15 is 0 Å². The molecule has 0 saturated heterocycles. The number of aromatic nitrogens is 1. The highest BCUT2D eigenvalue weighted by atomic mass is 32.5. The van der Waals surface area contributed by atoms with Gasteiger partial charge >= 0.3 is 10.2 Å². The van der Waals surface area contributed by atoms with E-state index in [9.17, 15) is 24.2 Å². The van der Waals surface area contributed by atoms with Crippen LogP contribution in [0, 0.1) is 5.92 Å². The Morgan fingerprint density at radius 3 is 2.18 bits per heavy atom. The standard InChI is InChI=1S/C13H10F5NO2S/c14-22(15,16,17,18)10-5-3-8(4-6-10)12-11(7-21-19-12)13(20)9-1-2-9/h3-7,9H,1-2H2. The quantitative estimate of drug-likeness (QED) is 0.538. The summed E-state index contributed by atoms with van der Waals surface area (Å²) in [5, 5.41) is 3.59. The molecule has 2 aromatic rings. The average molecular weight is 339 g/mol. The van der Waals surface area contributed by atoms with Gasteiger partial charge in [0.15, 0.2) is 5.78 Å². The van der Waals surface area contributed by atoms with Crippen LogP contribution in [0.5, 0.6) is 0 Å². The van der Waals surface area contributed by atoms with E-state index in [0.29, 0.717) is 0 Å². The second-order valence-corrected chi connectivity index (χ2v) is 7.62.